The first-order valence-corrected chi connectivity index (χ1v) is 6.23. The van der Waals surface area contributed by atoms with E-state index in [1.165, 1.54) is 0 Å². The number of aromatic nitrogens is 2. The molecule has 98 valence electrons. The zero-order valence-electron chi connectivity index (χ0n) is 10.4. The van der Waals surface area contributed by atoms with Crippen molar-refractivity contribution in [2.24, 2.45) is 0 Å². The van der Waals surface area contributed by atoms with Crippen molar-refractivity contribution < 1.29 is 9.90 Å². The molecule has 2 aromatic rings. The Labute approximate surface area is 110 Å². The topological polar surface area (TPSA) is 67.1 Å². The number of imidazole rings is 1. The molecule has 1 fully saturated rings. The van der Waals surface area contributed by atoms with Gasteiger partial charge in [0.05, 0.1) is 12.0 Å². The predicted molar refractivity (Wildman–Crippen MR) is 70.8 cm³/mol. The second-order valence-corrected chi connectivity index (χ2v) is 4.89. The van der Waals surface area contributed by atoms with Crippen LogP contribution in [0.4, 0.5) is 0 Å². The van der Waals surface area contributed by atoms with Crippen LogP contribution in [0.2, 0.25) is 0 Å². The van der Waals surface area contributed by atoms with E-state index in [0.717, 1.165) is 11.4 Å². The lowest BCUT2D eigenvalue weighted by Gasteiger charge is -2.43. The Morgan fingerprint density at radius 3 is 2.68 bits per heavy atom. The summed E-state index contributed by atoms with van der Waals surface area (Å²) in [5.74, 6) is 0.0394. The monoisotopic (exact) mass is 257 g/mol. The van der Waals surface area contributed by atoms with Gasteiger partial charge in [-0.1, -0.05) is 30.3 Å². The van der Waals surface area contributed by atoms with Gasteiger partial charge in [-0.25, -0.2) is 4.98 Å². The van der Waals surface area contributed by atoms with Crippen molar-refractivity contribution in [2.45, 2.75) is 12.0 Å². The van der Waals surface area contributed by atoms with Crippen molar-refractivity contribution in [1.29, 1.82) is 0 Å². The van der Waals surface area contributed by atoms with Crippen molar-refractivity contribution in [3.05, 3.63) is 42.7 Å². The van der Waals surface area contributed by atoms with E-state index in [4.69, 9.17) is 5.11 Å². The average Bonchev–Trinajstić information content (AvgIpc) is 2.84. The number of aliphatic carboxylic acids is 1. The molecule has 19 heavy (non-hydrogen) atoms. The van der Waals surface area contributed by atoms with Gasteiger partial charge in [0.2, 0.25) is 0 Å². The maximum Gasteiger partial charge on any atom is 0.305 e. The van der Waals surface area contributed by atoms with Crippen LogP contribution in [0.5, 0.6) is 0 Å². The van der Waals surface area contributed by atoms with E-state index in [1.54, 1.807) is 6.20 Å². The number of carboxylic acids is 1. The fourth-order valence-corrected chi connectivity index (χ4v) is 2.56. The van der Waals surface area contributed by atoms with Gasteiger partial charge in [-0.3, -0.25) is 4.79 Å². The average molecular weight is 257 g/mol. The van der Waals surface area contributed by atoms with Crippen molar-refractivity contribution in [1.82, 2.24) is 14.9 Å². The molecule has 1 aliphatic rings. The van der Waals surface area contributed by atoms with Gasteiger partial charge in [0.15, 0.2) is 0 Å². The second kappa shape index (κ2) is 4.51. The smallest absolute Gasteiger partial charge is 0.305 e. The van der Waals surface area contributed by atoms with E-state index in [1.807, 2.05) is 41.1 Å². The largest absolute Gasteiger partial charge is 0.481 e. The molecule has 1 aromatic heterocycles. The maximum absolute atomic E-state index is 11.1. The number of rotatable bonds is 4. The molecule has 0 saturated carbocycles. The molecule has 0 unspecified atom stereocenters. The standard InChI is InChI=1S/C14H15N3O2/c18-12(19)8-14(9-15-10-14)17-7-6-16-13(17)11-4-2-1-3-5-11/h1-7,15H,8-10H2,(H,18,19). The van der Waals surface area contributed by atoms with E-state index < -0.39 is 11.5 Å². The summed E-state index contributed by atoms with van der Waals surface area (Å²) >= 11 is 0. The Hall–Kier alpha value is -2.14. The SMILES string of the molecule is O=C(O)CC1(n2ccnc2-c2ccccc2)CNC1. The minimum absolute atomic E-state index is 0.107. The number of hydrogen-bond donors (Lipinski definition) is 2. The van der Waals surface area contributed by atoms with Crippen molar-refractivity contribution >= 4 is 5.97 Å². The fraction of sp³-hybridized carbons (Fsp3) is 0.286. The summed E-state index contributed by atoms with van der Waals surface area (Å²) in [5.41, 5.74) is 0.609. The van der Waals surface area contributed by atoms with Crippen LogP contribution >= 0.6 is 0 Å². The molecule has 0 atom stereocenters. The minimum Gasteiger partial charge on any atom is -0.481 e. The van der Waals surface area contributed by atoms with Gasteiger partial charge in [0, 0.05) is 31.0 Å². The molecule has 5 heteroatoms. The van der Waals surface area contributed by atoms with Crippen LogP contribution in [0.1, 0.15) is 6.42 Å². The molecular weight excluding hydrogens is 242 g/mol. The molecule has 1 saturated heterocycles. The van der Waals surface area contributed by atoms with Crippen LogP contribution < -0.4 is 5.32 Å². The number of benzene rings is 1. The van der Waals surface area contributed by atoms with E-state index in [9.17, 15) is 4.79 Å². The van der Waals surface area contributed by atoms with Gasteiger partial charge in [-0.2, -0.15) is 0 Å². The van der Waals surface area contributed by atoms with Crippen LogP contribution in [0.3, 0.4) is 0 Å². The Morgan fingerprint density at radius 1 is 1.37 bits per heavy atom. The van der Waals surface area contributed by atoms with Crippen LogP contribution in [0, 0.1) is 0 Å². The molecule has 0 amide bonds. The molecule has 2 heterocycles. The lowest BCUT2D eigenvalue weighted by Crippen LogP contribution is -2.61. The summed E-state index contributed by atoms with van der Waals surface area (Å²) in [6.07, 6.45) is 3.70. The van der Waals surface area contributed by atoms with Crippen molar-refractivity contribution in [3.63, 3.8) is 0 Å². The van der Waals surface area contributed by atoms with Gasteiger partial charge < -0.3 is 15.0 Å². The first-order valence-electron chi connectivity index (χ1n) is 6.23. The van der Waals surface area contributed by atoms with E-state index in [0.29, 0.717) is 13.1 Å². The summed E-state index contributed by atoms with van der Waals surface area (Å²) in [4.78, 5) is 15.5. The molecule has 0 aliphatic carbocycles. The number of carbonyl (C=O) groups is 1. The number of carboxylic acid groups (broad SMARTS) is 1. The highest BCUT2D eigenvalue weighted by molar-refractivity contribution is 5.69. The summed E-state index contributed by atoms with van der Waals surface area (Å²) in [6.45, 7) is 1.32. The first kappa shape index (κ1) is 11.9. The molecule has 1 aromatic carbocycles. The summed E-state index contributed by atoms with van der Waals surface area (Å²) in [6, 6.07) is 9.84. The molecule has 3 rings (SSSR count). The highest BCUT2D eigenvalue weighted by atomic mass is 16.4. The van der Waals surface area contributed by atoms with Gasteiger partial charge >= 0.3 is 5.97 Å². The molecule has 0 radical (unpaired) electrons. The zero-order valence-corrected chi connectivity index (χ0v) is 10.4. The lowest BCUT2D eigenvalue weighted by molar-refractivity contribution is -0.140. The lowest BCUT2D eigenvalue weighted by atomic mass is 9.87. The molecule has 0 spiro atoms. The van der Waals surface area contributed by atoms with Crippen LogP contribution in [-0.4, -0.2) is 33.7 Å². The Balaban J connectivity index is 2.02. The van der Waals surface area contributed by atoms with Gasteiger partial charge in [0.25, 0.3) is 0 Å². The summed E-state index contributed by atoms with van der Waals surface area (Å²) in [5, 5.41) is 12.3. The Kier molecular flexibility index (Phi) is 2.83. The normalized spacial score (nSPS) is 16.8. The number of hydrogen-bond acceptors (Lipinski definition) is 3. The van der Waals surface area contributed by atoms with Crippen LogP contribution in [-0.2, 0) is 10.3 Å². The maximum atomic E-state index is 11.1. The van der Waals surface area contributed by atoms with E-state index in [-0.39, 0.29) is 6.42 Å². The summed E-state index contributed by atoms with van der Waals surface area (Å²) < 4.78 is 1.99. The van der Waals surface area contributed by atoms with Crippen LogP contribution in [0.15, 0.2) is 42.7 Å². The number of nitrogens with one attached hydrogen (secondary N) is 1. The minimum atomic E-state index is -0.783. The fourth-order valence-electron chi connectivity index (χ4n) is 2.56. The third-order valence-corrected chi connectivity index (χ3v) is 3.57. The van der Waals surface area contributed by atoms with E-state index >= 15 is 0 Å². The molecule has 2 N–H and O–H groups in total. The molecular formula is C14H15N3O2. The van der Waals surface area contributed by atoms with Gasteiger partial charge in [-0.05, 0) is 0 Å². The predicted octanol–water partition coefficient (Wildman–Crippen LogP) is 1.32. The Bertz CT molecular complexity index is 588. The first-order chi connectivity index (χ1) is 9.21. The second-order valence-electron chi connectivity index (χ2n) is 4.89. The quantitative estimate of drug-likeness (QED) is 0.867. The van der Waals surface area contributed by atoms with Gasteiger partial charge in [0.1, 0.15) is 5.82 Å². The highest BCUT2D eigenvalue weighted by Crippen LogP contribution is 2.31. The molecule has 5 nitrogen and oxygen atoms in total. The van der Waals surface area contributed by atoms with E-state index in [2.05, 4.69) is 10.3 Å². The highest BCUT2D eigenvalue weighted by Gasteiger charge is 2.42. The molecule has 0 bridgehead atoms. The number of nitrogens with zero attached hydrogens (tertiary/aromatic N) is 2. The Morgan fingerprint density at radius 2 is 2.11 bits per heavy atom. The van der Waals surface area contributed by atoms with Gasteiger partial charge in [-0.15, -0.1) is 0 Å². The zero-order chi connectivity index (χ0) is 13.3. The third kappa shape index (κ3) is 2.02. The summed E-state index contributed by atoms with van der Waals surface area (Å²) in [7, 11) is 0. The van der Waals surface area contributed by atoms with Crippen molar-refractivity contribution in [2.75, 3.05) is 13.1 Å². The molecule has 1 aliphatic heterocycles. The third-order valence-electron chi connectivity index (χ3n) is 3.57. The van der Waals surface area contributed by atoms with Crippen molar-refractivity contribution in [3.8, 4) is 11.4 Å². The van der Waals surface area contributed by atoms with Crippen LogP contribution in [0.25, 0.3) is 11.4 Å².